The summed E-state index contributed by atoms with van der Waals surface area (Å²) >= 11 is 1.61. The van der Waals surface area contributed by atoms with Crippen LogP contribution in [0, 0.1) is 11.3 Å². The molecule has 1 aromatic carbocycles. The number of nitrogens with zero attached hydrogens (tertiary/aromatic N) is 3. The molecule has 3 rings (SSSR count). The number of rotatable bonds is 4. The smallest absolute Gasteiger partial charge is 0.101 e. The van der Waals surface area contributed by atoms with E-state index in [0.29, 0.717) is 12.1 Å². The molecule has 1 aliphatic rings. The van der Waals surface area contributed by atoms with Crippen molar-refractivity contribution >= 4 is 22.7 Å². The molecule has 1 aromatic heterocycles. The van der Waals surface area contributed by atoms with E-state index in [1.807, 2.05) is 29.9 Å². The second-order valence-electron chi connectivity index (χ2n) is 5.38. The van der Waals surface area contributed by atoms with Crippen molar-refractivity contribution in [1.82, 2.24) is 4.98 Å². The van der Waals surface area contributed by atoms with Crippen LogP contribution < -0.4 is 10.2 Å². The van der Waals surface area contributed by atoms with E-state index < -0.39 is 0 Å². The van der Waals surface area contributed by atoms with Crippen molar-refractivity contribution in [3.05, 3.63) is 40.3 Å². The summed E-state index contributed by atoms with van der Waals surface area (Å²) in [5.74, 6) is 0. The second kappa shape index (κ2) is 6.77. The molecule has 6 heteroatoms. The third-order valence-electron chi connectivity index (χ3n) is 3.87. The number of piperidine rings is 1. The zero-order valence-electron chi connectivity index (χ0n) is 12.2. The number of aliphatic hydroxyl groups is 1. The zero-order chi connectivity index (χ0) is 15.4. The Labute approximate surface area is 133 Å². The molecule has 0 amide bonds. The predicted octanol–water partition coefficient (Wildman–Crippen LogP) is 2.59. The zero-order valence-corrected chi connectivity index (χ0v) is 13.0. The second-order valence-corrected chi connectivity index (χ2v) is 6.35. The molecule has 2 N–H and O–H groups in total. The number of hydrogen-bond acceptors (Lipinski definition) is 6. The van der Waals surface area contributed by atoms with Crippen LogP contribution in [0.25, 0.3) is 0 Å². The van der Waals surface area contributed by atoms with Gasteiger partial charge in [-0.2, -0.15) is 5.26 Å². The third-order valence-corrected chi connectivity index (χ3v) is 4.65. The molecule has 1 aliphatic heterocycles. The van der Waals surface area contributed by atoms with Crippen LogP contribution in [-0.4, -0.2) is 29.3 Å². The number of anilines is 2. The molecular formula is C16H18N4OS. The van der Waals surface area contributed by atoms with Crippen molar-refractivity contribution in [2.24, 2.45) is 0 Å². The Morgan fingerprint density at radius 2 is 2.23 bits per heavy atom. The van der Waals surface area contributed by atoms with Gasteiger partial charge in [-0.15, -0.1) is 11.3 Å². The largest absolute Gasteiger partial charge is 0.393 e. The van der Waals surface area contributed by atoms with Gasteiger partial charge in [0, 0.05) is 29.9 Å². The number of nitrogens with one attached hydrogen (secondary N) is 1. The van der Waals surface area contributed by atoms with Crippen molar-refractivity contribution in [3.63, 3.8) is 0 Å². The molecule has 0 aliphatic carbocycles. The molecule has 114 valence electrons. The summed E-state index contributed by atoms with van der Waals surface area (Å²) in [6, 6.07) is 8.17. The van der Waals surface area contributed by atoms with Gasteiger partial charge in [0.05, 0.1) is 29.4 Å². The summed E-state index contributed by atoms with van der Waals surface area (Å²) < 4.78 is 0. The van der Waals surface area contributed by atoms with Gasteiger partial charge in [0.25, 0.3) is 0 Å². The highest BCUT2D eigenvalue weighted by Gasteiger charge is 2.19. The number of nitriles is 1. The Bertz CT molecular complexity index is 657. The Kier molecular flexibility index (Phi) is 4.56. The lowest BCUT2D eigenvalue weighted by molar-refractivity contribution is 0.145. The molecule has 1 fully saturated rings. The van der Waals surface area contributed by atoms with E-state index in [-0.39, 0.29) is 6.10 Å². The molecule has 0 radical (unpaired) electrons. The van der Waals surface area contributed by atoms with Gasteiger partial charge in [0.15, 0.2) is 0 Å². The maximum absolute atomic E-state index is 9.60. The minimum atomic E-state index is -0.206. The number of hydrogen-bond donors (Lipinski definition) is 2. The summed E-state index contributed by atoms with van der Waals surface area (Å²) in [6.45, 7) is 2.30. The third kappa shape index (κ3) is 3.38. The van der Waals surface area contributed by atoms with Gasteiger partial charge in [-0.3, -0.25) is 4.98 Å². The standard InChI is InChI=1S/C16H18N4OS/c17-8-12-7-13(19-10-15-9-18-11-22-15)1-2-16(12)20-5-3-14(21)4-6-20/h1-2,7,9,11,14,19,21H,3-6,10H2. The van der Waals surface area contributed by atoms with E-state index in [2.05, 4.69) is 21.3 Å². The highest BCUT2D eigenvalue weighted by Crippen LogP contribution is 2.27. The van der Waals surface area contributed by atoms with Crippen LogP contribution in [0.2, 0.25) is 0 Å². The quantitative estimate of drug-likeness (QED) is 0.907. The summed E-state index contributed by atoms with van der Waals surface area (Å²) in [6.07, 6.45) is 3.16. The number of aliphatic hydroxyl groups excluding tert-OH is 1. The van der Waals surface area contributed by atoms with Crippen molar-refractivity contribution in [3.8, 4) is 6.07 Å². The molecule has 2 heterocycles. The predicted molar refractivity (Wildman–Crippen MR) is 88.1 cm³/mol. The molecule has 5 nitrogen and oxygen atoms in total. The minimum Gasteiger partial charge on any atom is -0.393 e. The molecule has 22 heavy (non-hydrogen) atoms. The lowest BCUT2D eigenvalue weighted by Crippen LogP contribution is -2.36. The van der Waals surface area contributed by atoms with Crippen LogP contribution >= 0.6 is 11.3 Å². The van der Waals surface area contributed by atoms with Crippen LogP contribution in [0.15, 0.2) is 29.9 Å². The van der Waals surface area contributed by atoms with Crippen LogP contribution in [-0.2, 0) is 6.54 Å². The number of thiazole rings is 1. The van der Waals surface area contributed by atoms with Crippen molar-refractivity contribution < 1.29 is 5.11 Å². The molecule has 1 saturated heterocycles. The van der Waals surface area contributed by atoms with Gasteiger partial charge in [-0.25, -0.2) is 0 Å². The fourth-order valence-corrected chi connectivity index (χ4v) is 3.17. The SMILES string of the molecule is N#Cc1cc(NCc2cncs2)ccc1N1CCC(O)CC1. The fourth-order valence-electron chi connectivity index (χ4n) is 2.64. The highest BCUT2D eigenvalue weighted by molar-refractivity contribution is 7.09. The molecule has 0 bridgehead atoms. The van der Waals surface area contributed by atoms with E-state index in [1.165, 1.54) is 0 Å². The summed E-state index contributed by atoms with van der Waals surface area (Å²) in [5, 5.41) is 22.3. The summed E-state index contributed by atoms with van der Waals surface area (Å²) in [7, 11) is 0. The van der Waals surface area contributed by atoms with E-state index in [9.17, 15) is 10.4 Å². The van der Waals surface area contributed by atoms with Gasteiger partial charge >= 0.3 is 0 Å². The van der Waals surface area contributed by atoms with Gasteiger partial charge < -0.3 is 15.3 Å². The first-order valence-electron chi connectivity index (χ1n) is 7.34. The Hall–Kier alpha value is -2.10. The first-order chi connectivity index (χ1) is 10.8. The highest BCUT2D eigenvalue weighted by atomic mass is 32.1. The normalized spacial score (nSPS) is 15.5. The van der Waals surface area contributed by atoms with Crippen molar-refractivity contribution in [1.29, 1.82) is 5.26 Å². The molecule has 0 unspecified atom stereocenters. The first kappa shape index (κ1) is 14.8. The van der Waals surface area contributed by atoms with Gasteiger partial charge in [-0.05, 0) is 31.0 Å². The van der Waals surface area contributed by atoms with Crippen molar-refractivity contribution in [2.75, 3.05) is 23.3 Å². The molecule has 0 atom stereocenters. The first-order valence-corrected chi connectivity index (χ1v) is 8.22. The van der Waals surface area contributed by atoms with Gasteiger partial charge in [0.2, 0.25) is 0 Å². The van der Waals surface area contributed by atoms with E-state index >= 15 is 0 Å². The lowest BCUT2D eigenvalue weighted by atomic mass is 10.0. The van der Waals surface area contributed by atoms with Crippen LogP contribution in [0.3, 0.4) is 0 Å². The molecular weight excluding hydrogens is 296 g/mol. The minimum absolute atomic E-state index is 0.206. The summed E-state index contributed by atoms with van der Waals surface area (Å²) in [4.78, 5) is 7.39. The van der Waals surface area contributed by atoms with Crippen LogP contribution in [0.4, 0.5) is 11.4 Å². The maximum atomic E-state index is 9.60. The Balaban J connectivity index is 1.72. The van der Waals surface area contributed by atoms with Gasteiger partial charge in [0.1, 0.15) is 6.07 Å². The summed E-state index contributed by atoms with van der Waals surface area (Å²) in [5.41, 5.74) is 4.38. The fraction of sp³-hybridized carbons (Fsp3) is 0.375. The average molecular weight is 314 g/mol. The molecule has 0 saturated carbocycles. The van der Waals surface area contributed by atoms with E-state index in [0.717, 1.165) is 42.2 Å². The molecule has 2 aromatic rings. The number of aromatic nitrogens is 1. The Morgan fingerprint density at radius 1 is 1.41 bits per heavy atom. The van der Waals surface area contributed by atoms with Crippen LogP contribution in [0.1, 0.15) is 23.3 Å². The van der Waals surface area contributed by atoms with E-state index in [4.69, 9.17) is 0 Å². The monoisotopic (exact) mass is 314 g/mol. The van der Waals surface area contributed by atoms with Crippen molar-refractivity contribution in [2.45, 2.75) is 25.5 Å². The number of benzene rings is 1. The Morgan fingerprint density at radius 3 is 2.91 bits per heavy atom. The molecule has 0 spiro atoms. The van der Waals surface area contributed by atoms with E-state index in [1.54, 1.807) is 11.3 Å². The average Bonchev–Trinajstić information content (AvgIpc) is 3.07. The maximum Gasteiger partial charge on any atom is 0.101 e. The lowest BCUT2D eigenvalue weighted by Gasteiger charge is -2.32. The van der Waals surface area contributed by atoms with Crippen LogP contribution in [0.5, 0.6) is 0 Å². The van der Waals surface area contributed by atoms with Gasteiger partial charge in [-0.1, -0.05) is 0 Å². The topological polar surface area (TPSA) is 72.2 Å².